The van der Waals surface area contributed by atoms with Crippen molar-refractivity contribution in [1.29, 1.82) is 0 Å². The molecule has 0 heterocycles. The molecule has 0 saturated carbocycles. The Hall–Kier alpha value is -2.87. The zero-order valence-corrected chi connectivity index (χ0v) is 16.9. The molecule has 1 N–H and O–H groups in total. The van der Waals surface area contributed by atoms with Crippen LogP contribution in [0.25, 0.3) is 0 Å². The topological polar surface area (TPSA) is 98.5 Å². The fourth-order valence-corrected chi connectivity index (χ4v) is 3.14. The molecule has 0 bridgehead atoms. The summed E-state index contributed by atoms with van der Waals surface area (Å²) in [4.78, 5) is 35.8. The average molecular weight is 402 g/mol. The summed E-state index contributed by atoms with van der Waals surface area (Å²) in [6, 6.07) is 11.5. The Balaban J connectivity index is 2.11. The standard InChI is InChI=1S/C20H22N2O5S/c1-12(2)15-7-5-6-8-16(15)21-19(23)13(3)27-20(24)14-9-10-18(28-4)17(11-14)22(25)26/h5-13H,1-4H3,(H,21,23)/t13-/m0/s1. The third-order valence-electron chi connectivity index (χ3n) is 4.10. The second-order valence-corrected chi connectivity index (χ2v) is 7.27. The van der Waals surface area contributed by atoms with Crippen molar-refractivity contribution in [3.05, 3.63) is 63.7 Å². The van der Waals surface area contributed by atoms with Crippen LogP contribution in [0.2, 0.25) is 0 Å². The fourth-order valence-electron chi connectivity index (χ4n) is 2.59. The predicted molar refractivity (Wildman–Crippen MR) is 109 cm³/mol. The van der Waals surface area contributed by atoms with Crippen LogP contribution in [-0.2, 0) is 9.53 Å². The first-order chi connectivity index (χ1) is 13.2. The van der Waals surface area contributed by atoms with Crippen LogP contribution >= 0.6 is 11.8 Å². The molecule has 7 nitrogen and oxygen atoms in total. The maximum absolute atomic E-state index is 12.4. The Bertz CT molecular complexity index is 898. The maximum Gasteiger partial charge on any atom is 0.339 e. The van der Waals surface area contributed by atoms with Gasteiger partial charge in [-0.2, -0.15) is 0 Å². The van der Waals surface area contributed by atoms with Gasteiger partial charge in [-0.25, -0.2) is 4.79 Å². The largest absolute Gasteiger partial charge is 0.449 e. The summed E-state index contributed by atoms with van der Waals surface area (Å²) in [7, 11) is 0. The lowest BCUT2D eigenvalue weighted by molar-refractivity contribution is -0.387. The summed E-state index contributed by atoms with van der Waals surface area (Å²) in [5.41, 5.74) is 1.47. The summed E-state index contributed by atoms with van der Waals surface area (Å²) in [6.07, 6.45) is 0.647. The van der Waals surface area contributed by atoms with E-state index < -0.39 is 22.9 Å². The third kappa shape index (κ3) is 5.10. The van der Waals surface area contributed by atoms with E-state index in [0.717, 1.165) is 11.6 Å². The Labute approximate surface area is 167 Å². The van der Waals surface area contributed by atoms with Crippen LogP contribution in [0.5, 0.6) is 0 Å². The minimum atomic E-state index is -1.06. The van der Waals surface area contributed by atoms with Crippen molar-refractivity contribution in [2.24, 2.45) is 0 Å². The van der Waals surface area contributed by atoms with E-state index in [9.17, 15) is 19.7 Å². The zero-order chi connectivity index (χ0) is 20.8. The molecule has 8 heteroatoms. The van der Waals surface area contributed by atoms with Crippen LogP contribution in [0.15, 0.2) is 47.4 Å². The first-order valence-electron chi connectivity index (χ1n) is 8.67. The summed E-state index contributed by atoms with van der Waals surface area (Å²) in [5, 5.41) is 13.9. The molecule has 0 saturated heterocycles. The maximum atomic E-state index is 12.4. The van der Waals surface area contributed by atoms with E-state index in [1.165, 1.54) is 30.8 Å². The number of nitro groups is 1. The molecule has 28 heavy (non-hydrogen) atoms. The van der Waals surface area contributed by atoms with E-state index >= 15 is 0 Å². The minimum Gasteiger partial charge on any atom is -0.449 e. The van der Waals surface area contributed by atoms with Crippen molar-refractivity contribution in [3.8, 4) is 0 Å². The van der Waals surface area contributed by atoms with Crippen molar-refractivity contribution < 1.29 is 19.2 Å². The van der Waals surface area contributed by atoms with E-state index in [0.29, 0.717) is 10.6 Å². The third-order valence-corrected chi connectivity index (χ3v) is 4.89. The van der Waals surface area contributed by atoms with Gasteiger partial charge in [-0.15, -0.1) is 11.8 Å². The number of para-hydroxylation sites is 1. The number of rotatable bonds is 7. The number of esters is 1. The molecule has 2 aromatic carbocycles. The van der Waals surface area contributed by atoms with Crippen LogP contribution in [-0.4, -0.2) is 29.2 Å². The van der Waals surface area contributed by atoms with Gasteiger partial charge in [-0.3, -0.25) is 14.9 Å². The van der Waals surface area contributed by atoms with Gasteiger partial charge in [-0.1, -0.05) is 32.0 Å². The van der Waals surface area contributed by atoms with Crippen LogP contribution in [0, 0.1) is 10.1 Å². The van der Waals surface area contributed by atoms with E-state index in [-0.39, 0.29) is 17.2 Å². The first-order valence-corrected chi connectivity index (χ1v) is 9.90. The predicted octanol–water partition coefficient (Wildman–Crippen LogP) is 4.62. The SMILES string of the molecule is CSc1ccc(C(=O)O[C@@H](C)C(=O)Nc2ccccc2C(C)C)cc1[N+](=O)[O-]. The number of benzene rings is 2. The summed E-state index contributed by atoms with van der Waals surface area (Å²) in [6.45, 7) is 5.48. The number of nitro benzene ring substituents is 1. The number of amides is 1. The average Bonchev–Trinajstić information content (AvgIpc) is 2.67. The van der Waals surface area contributed by atoms with Crippen molar-refractivity contribution in [3.63, 3.8) is 0 Å². The molecule has 0 spiro atoms. The lowest BCUT2D eigenvalue weighted by atomic mass is 10.0. The van der Waals surface area contributed by atoms with Crippen molar-refractivity contribution in [1.82, 2.24) is 0 Å². The first kappa shape index (κ1) is 21.4. The second-order valence-electron chi connectivity index (χ2n) is 6.42. The molecule has 0 radical (unpaired) electrons. The van der Waals surface area contributed by atoms with Gasteiger partial charge in [-0.05, 0) is 42.9 Å². The molecule has 0 aliphatic rings. The van der Waals surface area contributed by atoms with Gasteiger partial charge in [0.1, 0.15) is 0 Å². The summed E-state index contributed by atoms with van der Waals surface area (Å²) < 4.78 is 5.20. The Morgan fingerprint density at radius 2 is 1.82 bits per heavy atom. The zero-order valence-electron chi connectivity index (χ0n) is 16.1. The molecule has 2 aromatic rings. The second kappa shape index (κ2) is 9.36. The molecule has 1 amide bonds. The Morgan fingerprint density at radius 3 is 2.43 bits per heavy atom. The quantitative estimate of drug-likeness (QED) is 0.314. The Morgan fingerprint density at radius 1 is 1.14 bits per heavy atom. The number of hydrogen-bond acceptors (Lipinski definition) is 6. The molecule has 0 aliphatic carbocycles. The number of nitrogens with zero attached hydrogens (tertiary/aromatic N) is 1. The number of anilines is 1. The highest BCUT2D eigenvalue weighted by Gasteiger charge is 2.23. The van der Waals surface area contributed by atoms with Gasteiger partial charge in [0.05, 0.1) is 15.4 Å². The molecule has 0 aromatic heterocycles. The van der Waals surface area contributed by atoms with Crippen molar-refractivity contribution in [2.75, 3.05) is 11.6 Å². The van der Waals surface area contributed by atoms with E-state index in [1.807, 2.05) is 32.0 Å². The molecule has 0 unspecified atom stereocenters. The molecule has 0 aliphatic heterocycles. The minimum absolute atomic E-state index is 0.0201. The molecule has 148 valence electrons. The number of hydrogen-bond donors (Lipinski definition) is 1. The van der Waals surface area contributed by atoms with Crippen molar-refractivity contribution in [2.45, 2.75) is 37.7 Å². The van der Waals surface area contributed by atoms with Crippen LogP contribution in [0.1, 0.15) is 42.6 Å². The highest BCUT2D eigenvalue weighted by molar-refractivity contribution is 7.98. The van der Waals surface area contributed by atoms with Gasteiger partial charge in [0, 0.05) is 11.8 Å². The highest BCUT2D eigenvalue weighted by Crippen LogP contribution is 2.29. The monoisotopic (exact) mass is 402 g/mol. The lowest BCUT2D eigenvalue weighted by Crippen LogP contribution is -2.30. The van der Waals surface area contributed by atoms with Gasteiger partial charge < -0.3 is 10.1 Å². The number of ether oxygens (including phenoxy) is 1. The van der Waals surface area contributed by atoms with Crippen LogP contribution in [0.4, 0.5) is 11.4 Å². The molecular weight excluding hydrogens is 380 g/mol. The number of carbonyl (C=O) groups is 2. The lowest BCUT2D eigenvalue weighted by Gasteiger charge is -2.17. The summed E-state index contributed by atoms with van der Waals surface area (Å²) in [5.74, 6) is -1.06. The smallest absolute Gasteiger partial charge is 0.339 e. The van der Waals surface area contributed by atoms with Crippen LogP contribution < -0.4 is 5.32 Å². The van der Waals surface area contributed by atoms with Gasteiger partial charge >= 0.3 is 5.97 Å². The normalized spacial score (nSPS) is 11.8. The number of thioether (sulfide) groups is 1. The Kier molecular flexibility index (Phi) is 7.17. The van der Waals surface area contributed by atoms with Gasteiger partial charge in [0.15, 0.2) is 6.10 Å². The summed E-state index contributed by atoms with van der Waals surface area (Å²) >= 11 is 1.21. The van der Waals surface area contributed by atoms with Gasteiger partial charge in [0.25, 0.3) is 11.6 Å². The van der Waals surface area contributed by atoms with Crippen LogP contribution in [0.3, 0.4) is 0 Å². The van der Waals surface area contributed by atoms with Crippen molar-refractivity contribution >= 4 is 35.0 Å². The molecule has 1 atom stereocenters. The number of nitrogens with one attached hydrogen (secondary N) is 1. The number of carbonyl (C=O) groups excluding carboxylic acids is 2. The van der Waals surface area contributed by atoms with E-state index in [4.69, 9.17) is 4.74 Å². The molecule has 2 rings (SSSR count). The van der Waals surface area contributed by atoms with E-state index in [2.05, 4.69) is 5.32 Å². The van der Waals surface area contributed by atoms with E-state index in [1.54, 1.807) is 12.3 Å². The molecule has 0 fully saturated rings. The van der Waals surface area contributed by atoms with Gasteiger partial charge in [0.2, 0.25) is 0 Å². The molecular formula is C20H22N2O5S. The fraction of sp³-hybridized carbons (Fsp3) is 0.300. The highest BCUT2D eigenvalue weighted by atomic mass is 32.2.